The first-order valence-corrected chi connectivity index (χ1v) is 8.18. The number of rotatable bonds is 5. The van der Waals surface area contributed by atoms with Gasteiger partial charge in [0, 0.05) is 36.8 Å². The monoisotopic (exact) mass is 347 g/mol. The van der Waals surface area contributed by atoms with Gasteiger partial charge in [0.1, 0.15) is 5.76 Å². The van der Waals surface area contributed by atoms with Gasteiger partial charge in [0.05, 0.1) is 23.2 Å². The molecular weight excluding hydrogens is 330 g/mol. The summed E-state index contributed by atoms with van der Waals surface area (Å²) in [6, 6.07) is 7.64. The highest BCUT2D eigenvalue weighted by Crippen LogP contribution is 2.33. The van der Waals surface area contributed by atoms with Crippen LogP contribution < -0.4 is 5.32 Å². The average Bonchev–Trinajstić information content (AvgIpc) is 3.29. The number of nitrogens with one attached hydrogen (secondary N) is 1. The largest absolute Gasteiger partial charge is 0.469 e. The van der Waals surface area contributed by atoms with E-state index in [0.717, 1.165) is 33.8 Å². The molecule has 0 atom stereocenters. The molecular formula is C19H17N5O2. The molecule has 7 heteroatoms. The molecule has 0 aliphatic carbocycles. The summed E-state index contributed by atoms with van der Waals surface area (Å²) in [7, 11) is 0. The molecule has 4 heterocycles. The molecule has 0 spiro atoms. The maximum Gasteiger partial charge on any atom is 0.223 e. The Labute approximate surface area is 150 Å². The van der Waals surface area contributed by atoms with E-state index in [1.807, 2.05) is 38.1 Å². The molecule has 0 fully saturated rings. The Morgan fingerprint density at radius 1 is 1.08 bits per heavy atom. The minimum atomic E-state index is 0.525. The van der Waals surface area contributed by atoms with E-state index in [2.05, 4.69) is 20.4 Å². The van der Waals surface area contributed by atoms with Gasteiger partial charge in [-0.2, -0.15) is 0 Å². The molecule has 130 valence electrons. The van der Waals surface area contributed by atoms with Gasteiger partial charge in [-0.25, -0.2) is 9.97 Å². The zero-order valence-electron chi connectivity index (χ0n) is 14.4. The lowest BCUT2D eigenvalue weighted by Gasteiger charge is -2.09. The van der Waals surface area contributed by atoms with Crippen molar-refractivity contribution >= 4 is 5.95 Å². The van der Waals surface area contributed by atoms with Crippen LogP contribution in [0.25, 0.3) is 22.6 Å². The molecule has 7 nitrogen and oxygen atoms in total. The Bertz CT molecular complexity index is 1020. The van der Waals surface area contributed by atoms with Gasteiger partial charge in [-0.15, -0.1) is 0 Å². The molecule has 0 bridgehead atoms. The van der Waals surface area contributed by atoms with Gasteiger partial charge < -0.3 is 14.3 Å². The summed E-state index contributed by atoms with van der Waals surface area (Å²) < 4.78 is 10.9. The van der Waals surface area contributed by atoms with Gasteiger partial charge >= 0.3 is 0 Å². The molecule has 0 aliphatic rings. The molecule has 0 amide bonds. The number of furan rings is 1. The molecule has 0 unspecified atom stereocenters. The van der Waals surface area contributed by atoms with E-state index < -0.39 is 0 Å². The summed E-state index contributed by atoms with van der Waals surface area (Å²) in [5.41, 5.74) is 4.29. The molecule has 0 aromatic carbocycles. The van der Waals surface area contributed by atoms with Gasteiger partial charge in [0.25, 0.3) is 0 Å². The number of hydrogen-bond donors (Lipinski definition) is 1. The second-order valence-corrected chi connectivity index (χ2v) is 5.89. The van der Waals surface area contributed by atoms with Crippen molar-refractivity contribution < 1.29 is 8.94 Å². The molecule has 0 radical (unpaired) electrons. The highest BCUT2D eigenvalue weighted by Gasteiger charge is 2.18. The van der Waals surface area contributed by atoms with E-state index >= 15 is 0 Å². The van der Waals surface area contributed by atoms with Crippen LogP contribution in [0.2, 0.25) is 0 Å². The number of pyridine rings is 1. The second kappa shape index (κ2) is 6.79. The first-order valence-electron chi connectivity index (χ1n) is 8.18. The fraction of sp³-hybridized carbons (Fsp3) is 0.158. The second-order valence-electron chi connectivity index (χ2n) is 5.89. The van der Waals surface area contributed by atoms with Crippen molar-refractivity contribution in [3.63, 3.8) is 0 Å². The van der Waals surface area contributed by atoms with E-state index in [9.17, 15) is 0 Å². The zero-order valence-corrected chi connectivity index (χ0v) is 14.4. The Morgan fingerprint density at radius 3 is 2.62 bits per heavy atom. The minimum absolute atomic E-state index is 0.525. The van der Waals surface area contributed by atoms with Crippen molar-refractivity contribution in [2.75, 3.05) is 5.32 Å². The summed E-state index contributed by atoms with van der Waals surface area (Å²) in [5, 5.41) is 7.20. The van der Waals surface area contributed by atoms with Gasteiger partial charge in [-0.05, 0) is 37.6 Å². The Kier molecular flexibility index (Phi) is 4.18. The summed E-state index contributed by atoms with van der Waals surface area (Å²) in [5.74, 6) is 1.93. The van der Waals surface area contributed by atoms with E-state index in [4.69, 9.17) is 13.9 Å². The number of hydrogen-bond acceptors (Lipinski definition) is 7. The summed E-state index contributed by atoms with van der Waals surface area (Å²) in [6.45, 7) is 4.38. The molecule has 1 N–H and O–H groups in total. The van der Waals surface area contributed by atoms with Gasteiger partial charge in [0.15, 0.2) is 5.76 Å². The summed E-state index contributed by atoms with van der Waals surface area (Å²) >= 11 is 0. The van der Waals surface area contributed by atoms with Gasteiger partial charge in [-0.1, -0.05) is 5.16 Å². The van der Waals surface area contributed by atoms with Crippen molar-refractivity contribution in [1.29, 1.82) is 0 Å². The molecule has 26 heavy (non-hydrogen) atoms. The van der Waals surface area contributed by atoms with Crippen LogP contribution in [0, 0.1) is 13.8 Å². The van der Waals surface area contributed by atoms with Crippen LogP contribution in [-0.4, -0.2) is 20.1 Å². The highest BCUT2D eigenvalue weighted by atomic mass is 16.5. The lowest BCUT2D eigenvalue weighted by atomic mass is 10.1. The van der Waals surface area contributed by atoms with Crippen LogP contribution in [0.3, 0.4) is 0 Å². The van der Waals surface area contributed by atoms with E-state index in [1.165, 1.54) is 0 Å². The topological polar surface area (TPSA) is 89.9 Å². The predicted octanol–water partition coefficient (Wildman–Crippen LogP) is 4.02. The van der Waals surface area contributed by atoms with Crippen molar-refractivity contribution in [3.05, 3.63) is 66.1 Å². The minimum Gasteiger partial charge on any atom is -0.469 e. The standard InChI is InChI=1S/C19H17N5O2/c1-12-9-17(26-24-12)16-11-22-19(21-10-14-3-6-20-7-4-14)23-18(16)15-5-8-25-13(15)2/h3-9,11H,10H2,1-2H3,(H,21,22,23). The summed E-state index contributed by atoms with van der Waals surface area (Å²) in [6.07, 6.45) is 6.90. The maximum atomic E-state index is 5.45. The molecule has 4 rings (SSSR count). The molecule has 4 aromatic rings. The molecule has 4 aromatic heterocycles. The molecule has 0 aliphatic heterocycles. The van der Waals surface area contributed by atoms with Gasteiger partial charge in [0.2, 0.25) is 5.95 Å². The smallest absolute Gasteiger partial charge is 0.223 e. The van der Waals surface area contributed by atoms with Crippen molar-refractivity contribution in [3.8, 4) is 22.6 Å². The van der Waals surface area contributed by atoms with Crippen LogP contribution in [0.4, 0.5) is 5.95 Å². The SMILES string of the molecule is Cc1cc(-c2cnc(NCc3ccncc3)nc2-c2ccoc2C)on1. The zero-order chi connectivity index (χ0) is 17.9. The number of nitrogens with zero attached hydrogens (tertiary/aromatic N) is 4. The fourth-order valence-electron chi connectivity index (χ4n) is 2.66. The maximum absolute atomic E-state index is 5.45. The average molecular weight is 347 g/mol. The third kappa shape index (κ3) is 3.19. The normalized spacial score (nSPS) is 10.8. The third-order valence-electron chi connectivity index (χ3n) is 4.00. The van der Waals surface area contributed by atoms with Crippen LogP contribution in [0.1, 0.15) is 17.0 Å². The number of aryl methyl sites for hydroxylation is 2. The van der Waals surface area contributed by atoms with Crippen molar-refractivity contribution in [1.82, 2.24) is 20.1 Å². The summed E-state index contributed by atoms with van der Waals surface area (Å²) in [4.78, 5) is 13.1. The van der Waals surface area contributed by atoms with E-state index in [0.29, 0.717) is 18.3 Å². The Morgan fingerprint density at radius 2 is 1.92 bits per heavy atom. The molecule has 0 saturated carbocycles. The third-order valence-corrected chi connectivity index (χ3v) is 4.00. The molecule has 0 saturated heterocycles. The van der Waals surface area contributed by atoms with Crippen LogP contribution in [-0.2, 0) is 6.54 Å². The van der Waals surface area contributed by atoms with Gasteiger partial charge in [-0.3, -0.25) is 4.98 Å². The Hall–Kier alpha value is -3.48. The fourth-order valence-corrected chi connectivity index (χ4v) is 2.66. The number of aromatic nitrogens is 4. The van der Waals surface area contributed by atoms with Crippen molar-refractivity contribution in [2.24, 2.45) is 0 Å². The van der Waals surface area contributed by atoms with Crippen molar-refractivity contribution in [2.45, 2.75) is 20.4 Å². The first kappa shape index (κ1) is 16.0. The quantitative estimate of drug-likeness (QED) is 0.583. The predicted molar refractivity (Wildman–Crippen MR) is 96.3 cm³/mol. The van der Waals surface area contributed by atoms with Crippen LogP contribution >= 0.6 is 0 Å². The highest BCUT2D eigenvalue weighted by molar-refractivity contribution is 5.79. The first-order chi connectivity index (χ1) is 12.7. The lowest BCUT2D eigenvalue weighted by molar-refractivity contribution is 0.427. The lowest BCUT2D eigenvalue weighted by Crippen LogP contribution is -2.05. The van der Waals surface area contributed by atoms with Crippen LogP contribution in [0.5, 0.6) is 0 Å². The van der Waals surface area contributed by atoms with E-state index in [1.54, 1.807) is 24.9 Å². The Balaban J connectivity index is 1.71. The van der Waals surface area contributed by atoms with E-state index in [-0.39, 0.29) is 0 Å². The number of anilines is 1. The van der Waals surface area contributed by atoms with Crippen LogP contribution in [0.15, 0.2) is 58.1 Å².